The number of carbonyl (C=O) groups is 2. The minimum atomic E-state index is -0.408. The van der Waals surface area contributed by atoms with Crippen LogP contribution in [0.3, 0.4) is 0 Å². The van der Waals surface area contributed by atoms with E-state index in [0.29, 0.717) is 35.2 Å². The summed E-state index contributed by atoms with van der Waals surface area (Å²) in [5.74, 6) is -0.509. The highest BCUT2D eigenvalue weighted by atomic mass is 16.2. The van der Waals surface area contributed by atoms with Crippen molar-refractivity contribution in [3.8, 4) is 11.1 Å². The van der Waals surface area contributed by atoms with Crippen LogP contribution in [-0.2, 0) is 4.79 Å². The van der Waals surface area contributed by atoms with Gasteiger partial charge in [-0.15, -0.1) is 5.10 Å². The normalized spacial score (nSPS) is 15.7. The Morgan fingerprint density at radius 2 is 1.84 bits per heavy atom. The molecule has 0 spiro atoms. The van der Waals surface area contributed by atoms with Crippen LogP contribution in [0.1, 0.15) is 47.2 Å². The number of pyridine rings is 3. The number of carbonyl (C=O) groups excluding carboxylic acids is 2. The molecular formula is C27H30N8O2. The van der Waals surface area contributed by atoms with Crippen molar-refractivity contribution in [1.82, 2.24) is 29.7 Å². The lowest BCUT2D eigenvalue weighted by molar-refractivity contribution is -0.117. The molecule has 1 saturated heterocycles. The predicted octanol–water partition coefficient (Wildman–Crippen LogP) is 3.79. The standard InChI is InChI=1S/C27H30N8O2/c1-16-10-21(12-28-18(16)3)20-7-8-24-26(32-33-35(24)14-20)27(37)31-23-11-22(13-29-19(23)4)30-25(36)15-34-9-5-6-17(34)2/h7-8,10-14,17H,5-6,9,15H2,1-4H3,(H,30,36)(H,31,37)/t17-/m0/s1. The topological polar surface area (TPSA) is 117 Å². The summed E-state index contributed by atoms with van der Waals surface area (Å²) >= 11 is 0. The van der Waals surface area contributed by atoms with Gasteiger partial charge in [-0.05, 0) is 70.8 Å². The van der Waals surface area contributed by atoms with Crippen LogP contribution in [0.15, 0.2) is 42.9 Å². The Balaban J connectivity index is 1.31. The molecule has 190 valence electrons. The third-order valence-corrected chi connectivity index (χ3v) is 6.96. The van der Waals surface area contributed by atoms with E-state index in [9.17, 15) is 9.59 Å². The molecule has 10 nitrogen and oxygen atoms in total. The summed E-state index contributed by atoms with van der Waals surface area (Å²) in [6.07, 6.45) is 7.46. The number of anilines is 2. The van der Waals surface area contributed by atoms with Gasteiger partial charge in [-0.3, -0.25) is 24.5 Å². The van der Waals surface area contributed by atoms with E-state index < -0.39 is 5.91 Å². The molecule has 5 rings (SSSR count). The van der Waals surface area contributed by atoms with Crippen LogP contribution in [-0.4, -0.2) is 60.6 Å². The Labute approximate surface area is 215 Å². The molecule has 4 aromatic heterocycles. The second-order valence-corrected chi connectivity index (χ2v) is 9.63. The number of amides is 2. The fourth-order valence-electron chi connectivity index (χ4n) is 4.55. The molecule has 0 saturated carbocycles. The van der Waals surface area contributed by atoms with Crippen molar-refractivity contribution in [1.29, 1.82) is 0 Å². The summed E-state index contributed by atoms with van der Waals surface area (Å²) in [7, 11) is 0. The van der Waals surface area contributed by atoms with Crippen LogP contribution in [0.2, 0.25) is 0 Å². The molecule has 1 fully saturated rings. The quantitative estimate of drug-likeness (QED) is 0.415. The number of hydrogen-bond acceptors (Lipinski definition) is 7. The highest BCUT2D eigenvalue weighted by Crippen LogP contribution is 2.24. The van der Waals surface area contributed by atoms with Gasteiger partial charge >= 0.3 is 0 Å². The van der Waals surface area contributed by atoms with E-state index in [-0.39, 0.29) is 11.6 Å². The summed E-state index contributed by atoms with van der Waals surface area (Å²) in [6, 6.07) is 7.93. The number of nitrogens with zero attached hydrogens (tertiary/aromatic N) is 6. The second-order valence-electron chi connectivity index (χ2n) is 9.63. The van der Waals surface area contributed by atoms with Gasteiger partial charge in [-0.25, -0.2) is 4.52 Å². The third-order valence-electron chi connectivity index (χ3n) is 6.96. The van der Waals surface area contributed by atoms with Crippen molar-refractivity contribution in [2.24, 2.45) is 0 Å². The van der Waals surface area contributed by atoms with Gasteiger partial charge in [0.2, 0.25) is 5.91 Å². The number of aromatic nitrogens is 5. The van der Waals surface area contributed by atoms with Crippen molar-refractivity contribution in [3.05, 3.63) is 65.5 Å². The number of rotatable bonds is 6. The van der Waals surface area contributed by atoms with Crippen LogP contribution in [0.5, 0.6) is 0 Å². The molecule has 2 N–H and O–H groups in total. The summed E-state index contributed by atoms with van der Waals surface area (Å²) in [5, 5.41) is 14.0. The minimum absolute atomic E-state index is 0.101. The molecule has 37 heavy (non-hydrogen) atoms. The van der Waals surface area contributed by atoms with Gasteiger partial charge in [0.05, 0.1) is 35.3 Å². The maximum Gasteiger partial charge on any atom is 0.278 e. The van der Waals surface area contributed by atoms with Crippen molar-refractivity contribution in [3.63, 3.8) is 0 Å². The highest BCUT2D eigenvalue weighted by Gasteiger charge is 2.22. The van der Waals surface area contributed by atoms with E-state index in [1.807, 2.05) is 38.4 Å². The maximum absolute atomic E-state index is 13.1. The van der Waals surface area contributed by atoms with Crippen molar-refractivity contribution >= 4 is 28.7 Å². The number of aryl methyl sites for hydroxylation is 3. The smallest absolute Gasteiger partial charge is 0.278 e. The first-order valence-corrected chi connectivity index (χ1v) is 12.4. The molecule has 0 aromatic carbocycles. The first-order valence-electron chi connectivity index (χ1n) is 12.4. The first kappa shape index (κ1) is 24.5. The second kappa shape index (κ2) is 10.1. The average Bonchev–Trinajstić information content (AvgIpc) is 3.48. The largest absolute Gasteiger partial charge is 0.324 e. The molecule has 0 bridgehead atoms. The fourth-order valence-corrected chi connectivity index (χ4v) is 4.55. The monoisotopic (exact) mass is 498 g/mol. The van der Waals surface area contributed by atoms with Crippen LogP contribution in [0.25, 0.3) is 16.6 Å². The number of likely N-dealkylation sites (tertiary alicyclic amines) is 1. The highest BCUT2D eigenvalue weighted by molar-refractivity contribution is 6.08. The van der Waals surface area contributed by atoms with Crippen LogP contribution in [0.4, 0.5) is 11.4 Å². The minimum Gasteiger partial charge on any atom is -0.324 e. The molecule has 0 unspecified atom stereocenters. The lowest BCUT2D eigenvalue weighted by Gasteiger charge is -2.20. The van der Waals surface area contributed by atoms with Crippen LogP contribution in [0, 0.1) is 20.8 Å². The van der Waals surface area contributed by atoms with Crippen LogP contribution < -0.4 is 10.6 Å². The number of hydrogen-bond donors (Lipinski definition) is 2. The average molecular weight is 499 g/mol. The zero-order valence-electron chi connectivity index (χ0n) is 21.4. The maximum atomic E-state index is 13.1. The van der Waals surface area contributed by atoms with E-state index in [1.165, 1.54) is 0 Å². The SMILES string of the molecule is Cc1cc(-c2ccc3c(C(=O)Nc4cc(NC(=O)CN5CCC[C@@H]5C)cnc4C)nnn3c2)cnc1C. The molecule has 0 aliphatic carbocycles. The zero-order chi connectivity index (χ0) is 26.1. The van der Waals surface area contributed by atoms with Gasteiger partial charge in [0.1, 0.15) is 0 Å². The van der Waals surface area contributed by atoms with Gasteiger partial charge in [-0.2, -0.15) is 0 Å². The Hall–Kier alpha value is -4.18. The number of fused-ring (bicyclic) bond motifs is 1. The Morgan fingerprint density at radius 3 is 2.59 bits per heavy atom. The molecule has 0 radical (unpaired) electrons. The first-order chi connectivity index (χ1) is 17.8. The summed E-state index contributed by atoms with van der Waals surface area (Å²) in [6.45, 7) is 9.19. The van der Waals surface area contributed by atoms with E-state index in [4.69, 9.17) is 0 Å². The van der Waals surface area contributed by atoms with Gasteiger partial charge in [0.15, 0.2) is 5.69 Å². The number of nitrogens with one attached hydrogen (secondary N) is 2. The van der Waals surface area contributed by atoms with Crippen molar-refractivity contribution < 1.29 is 9.59 Å². The van der Waals surface area contributed by atoms with Gasteiger partial charge in [-0.1, -0.05) is 11.3 Å². The molecular weight excluding hydrogens is 468 g/mol. The molecule has 10 heteroatoms. The van der Waals surface area contributed by atoms with Crippen LogP contribution >= 0.6 is 0 Å². The summed E-state index contributed by atoms with van der Waals surface area (Å²) < 4.78 is 1.58. The van der Waals surface area contributed by atoms with E-state index in [2.05, 4.69) is 48.8 Å². The molecule has 1 aliphatic rings. The predicted molar refractivity (Wildman–Crippen MR) is 142 cm³/mol. The fraction of sp³-hybridized carbons (Fsp3) is 0.333. The lowest BCUT2D eigenvalue weighted by atomic mass is 10.1. The Kier molecular flexibility index (Phi) is 6.66. The lowest BCUT2D eigenvalue weighted by Crippen LogP contribution is -2.35. The molecule has 2 amide bonds. The van der Waals surface area contributed by atoms with E-state index in [0.717, 1.165) is 41.8 Å². The molecule has 5 heterocycles. The van der Waals surface area contributed by atoms with Gasteiger partial charge in [0.25, 0.3) is 5.91 Å². The van der Waals surface area contributed by atoms with Crippen molar-refractivity contribution in [2.75, 3.05) is 23.7 Å². The molecule has 1 aliphatic heterocycles. The van der Waals surface area contributed by atoms with Crippen molar-refractivity contribution in [2.45, 2.75) is 46.6 Å². The molecule has 1 atom stereocenters. The van der Waals surface area contributed by atoms with E-state index >= 15 is 0 Å². The van der Waals surface area contributed by atoms with E-state index in [1.54, 1.807) is 23.7 Å². The Bertz CT molecular complexity index is 1500. The molecule has 4 aromatic rings. The third kappa shape index (κ3) is 5.19. The Morgan fingerprint density at radius 1 is 1.03 bits per heavy atom. The zero-order valence-corrected chi connectivity index (χ0v) is 21.4. The van der Waals surface area contributed by atoms with Gasteiger partial charge in [0, 0.05) is 35.3 Å². The van der Waals surface area contributed by atoms with Gasteiger partial charge < -0.3 is 10.6 Å². The summed E-state index contributed by atoms with van der Waals surface area (Å²) in [4.78, 5) is 36.6. The summed E-state index contributed by atoms with van der Waals surface area (Å²) in [5.41, 5.74) is 6.39.